The molecule has 21 heavy (non-hydrogen) atoms. The molecule has 1 fully saturated rings. The normalized spacial score (nSPS) is 17.9. The second-order valence-corrected chi connectivity index (χ2v) is 5.42. The Balaban J connectivity index is 1.85. The number of esters is 1. The van der Waals surface area contributed by atoms with Crippen molar-refractivity contribution in [2.45, 2.75) is 25.7 Å². The maximum Gasteiger partial charge on any atom is 0.309 e. The van der Waals surface area contributed by atoms with Gasteiger partial charge in [0.2, 0.25) is 0 Å². The Morgan fingerprint density at radius 2 is 2.05 bits per heavy atom. The third kappa shape index (κ3) is 4.30. The summed E-state index contributed by atoms with van der Waals surface area (Å²) >= 11 is 0. The Labute approximate surface area is 126 Å². The number of piperidine rings is 1. The quantitative estimate of drug-likeness (QED) is 0.781. The Kier molecular flexibility index (Phi) is 5.77. The summed E-state index contributed by atoms with van der Waals surface area (Å²) in [6, 6.07) is 12.3. The summed E-state index contributed by atoms with van der Waals surface area (Å²) in [4.78, 5) is 14.0. The molecule has 4 heteroatoms. The van der Waals surface area contributed by atoms with E-state index in [1.54, 1.807) is 0 Å². The van der Waals surface area contributed by atoms with Gasteiger partial charge in [-0.15, -0.1) is 0 Å². The lowest BCUT2D eigenvalue weighted by molar-refractivity contribution is -0.149. The summed E-state index contributed by atoms with van der Waals surface area (Å²) in [6.07, 6.45) is 1.65. The van der Waals surface area contributed by atoms with Crippen LogP contribution in [0.4, 0.5) is 0 Å². The summed E-state index contributed by atoms with van der Waals surface area (Å²) < 4.78 is 5.08. The molecule has 2 rings (SSSR count). The average Bonchev–Trinajstić information content (AvgIpc) is 2.54. The molecular weight excluding hydrogens is 264 g/mol. The van der Waals surface area contributed by atoms with Crippen molar-refractivity contribution in [1.29, 1.82) is 5.26 Å². The van der Waals surface area contributed by atoms with Crippen molar-refractivity contribution in [2.75, 3.05) is 26.2 Å². The standard InChI is InChI=1S/C17H22N2O2/c1-2-21-17(20)15-8-10-19(11-9-15)13-16(12-18)14-6-4-3-5-7-14/h3-7,15-16H,2,8-11,13H2,1H3. The Bertz CT molecular complexity index is 487. The number of nitrogens with zero attached hydrogens (tertiary/aromatic N) is 2. The predicted octanol–water partition coefficient (Wildman–Crippen LogP) is 2.57. The molecule has 1 aliphatic rings. The first-order chi connectivity index (χ1) is 10.2. The second kappa shape index (κ2) is 7.80. The van der Waals surface area contributed by atoms with Gasteiger partial charge in [-0.1, -0.05) is 30.3 Å². The molecule has 1 atom stereocenters. The van der Waals surface area contributed by atoms with Gasteiger partial charge < -0.3 is 9.64 Å². The van der Waals surface area contributed by atoms with Gasteiger partial charge in [0.25, 0.3) is 0 Å². The zero-order chi connectivity index (χ0) is 15.1. The van der Waals surface area contributed by atoms with Crippen molar-refractivity contribution in [2.24, 2.45) is 5.92 Å². The fourth-order valence-corrected chi connectivity index (χ4v) is 2.78. The fourth-order valence-electron chi connectivity index (χ4n) is 2.78. The van der Waals surface area contributed by atoms with Crippen molar-refractivity contribution in [3.05, 3.63) is 35.9 Å². The summed E-state index contributed by atoms with van der Waals surface area (Å²) in [5.74, 6) is -0.152. The Morgan fingerprint density at radius 1 is 1.38 bits per heavy atom. The maximum atomic E-state index is 11.7. The molecule has 0 saturated carbocycles. The number of likely N-dealkylation sites (tertiary alicyclic amines) is 1. The fraction of sp³-hybridized carbons (Fsp3) is 0.529. The third-order valence-corrected chi connectivity index (χ3v) is 4.01. The summed E-state index contributed by atoms with van der Waals surface area (Å²) in [5, 5.41) is 9.37. The minimum Gasteiger partial charge on any atom is -0.466 e. The highest BCUT2D eigenvalue weighted by Crippen LogP contribution is 2.22. The van der Waals surface area contributed by atoms with Crippen LogP contribution in [0.2, 0.25) is 0 Å². The lowest BCUT2D eigenvalue weighted by Crippen LogP contribution is -2.38. The molecule has 1 unspecified atom stereocenters. The summed E-state index contributed by atoms with van der Waals surface area (Å²) in [5.41, 5.74) is 1.06. The highest BCUT2D eigenvalue weighted by Gasteiger charge is 2.27. The zero-order valence-electron chi connectivity index (χ0n) is 12.5. The van der Waals surface area contributed by atoms with Gasteiger partial charge in [0.1, 0.15) is 0 Å². The molecule has 1 aliphatic heterocycles. The molecule has 0 amide bonds. The monoisotopic (exact) mass is 286 g/mol. The van der Waals surface area contributed by atoms with Crippen molar-refractivity contribution in [3.63, 3.8) is 0 Å². The molecule has 1 heterocycles. The van der Waals surface area contributed by atoms with Crippen LogP contribution in [0.5, 0.6) is 0 Å². The van der Waals surface area contributed by atoms with Gasteiger partial charge in [0, 0.05) is 6.54 Å². The molecule has 0 spiro atoms. The number of nitriles is 1. The first-order valence-corrected chi connectivity index (χ1v) is 7.58. The lowest BCUT2D eigenvalue weighted by atomic mass is 9.94. The van der Waals surface area contributed by atoms with Gasteiger partial charge in [-0.05, 0) is 38.4 Å². The predicted molar refractivity (Wildman–Crippen MR) is 80.6 cm³/mol. The van der Waals surface area contributed by atoms with Crippen LogP contribution in [0, 0.1) is 17.2 Å². The molecular formula is C17H22N2O2. The van der Waals surface area contributed by atoms with E-state index >= 15 is 0 Å². The largest absolute Gasteiger partial charge is 0.466 e. The number of carbonyl (C=O) groups excluding carboxylic acids is 1. The summed E-state index contributed by atoms with van der Waals surface area (Å²) in [6.45, 7) is 4.73. The van der Waals surface area contributed by atoms with Gasteiger partial charge in [-0.25, -0.2) is 0 Å². The van der Waals surface area contributed by atoms with Gasteiger partial charge in [-0.2, -0.15) is 5.26 Å². The third-order valence-electron chi connectivity index (χ3n) is 4.01. The van der Waals surface area contributed by atoms with E-state index in [1.165, 1.54) is 0 Å². The van der Waals surface area contributed by atoms with Crippen LogP contribution < -0.4 is 0 Å². The zero-order valence-corrected chi connectivity index (χ0v) is 12.5. The van der Waals surface area contributed by atoms with Crippen LogP contribution in [0.25, 0.3) is 0 Å². The molecule has 1 aromatic carbocycles. The van der Waals surface area contributed by atoms with Crippen LogP contribution in [0.15, 0.2) is 30.3 Å². The van der Waals surface area contributed by atoms with Crippen molar-refractivity contribution >= 4 is 5.97 Å². The molecule has 0 radical (unpaired) electrons. The Morgan fingerprint density at radius 3 is 2.62 bits per heavy atom. The number of ether oxygens (including phenoxy) is 1. The van der Waals surface area contributed by atoms with E-state index in [0.29, 0.717) is 6.61 Å². The highest BCUT2D eigenvalue weighted by molar-refractivity contribution is 5.72. The van der Waals surface area contributed by atoms with E-state index in [4.69, 9.17) is 4.74 Å². The topological polar surface area (TPSA) is 53.3 Å². The SMILES string of the molecule is CCOC(=O)C1CCN(CC(C#N)c2ccccc2)CC1. The molecule has 0 aliphatic carbocycles. The number of hydrogen-bond acceptors (Lipinski definition) is 4. The van der Waals surface area contributed by atoms with Crippen LogP contribution in [0.3, 0.4) is 0 Å². The van der Waals surface area contributed by atoms with Crippen molar-refractivity contribution in [3.8, 4) is 6.07 Å². The van der Waals surface area contributed by atoms with E-state index in [2.05, 4.69) is 11.0 Å². The Hall–Kier alpha value is -1.86. The minimum absolute atomic E-state index is 0.0264. The van der Waals surface area contributed by atoms with Gasteiger partial charge in [0.05, 0.1) is 24.5 Å². The molecule has 112 valence electrons. The number of rotatable bonds is 5. The van der Waals surface area contributed by atoms with Crippen molar-refractivity contribution in [1.82, 2.24) is 4.90 Å². The molecule has 0 bridgehead atoms. The van der Waals surface area contributed by atoms with Crippen LogP contribution in [-0.4, -0.2) is 37.1 Å². The van der Waals surface area contributed by atoms with E-state index in [0.717, 1.165) is 38.0 Å². The molecule has 0 aromatic heterocycles. The smallest absolute Gasteiger partial charge is 0.309 e. The van der Waals surface area contributed by atoms with Gasteiger partial charge in [0.15, 0.2) is 0 Å². The minimum atomic E-state index is -0.106. The molecule has 1 aromatic rings. The first kappa shape index (κ1) is 15.5. The first-order valence-electron chi connectivity index (χ1n) is 7.58. The van der Waals surface area contributed by atoms with E-state index in [-0.39, 0.29) is 17.8 Å². The van der Waals surface area contributed by atoms with Gasteiger partial charge in [-0.3, -0.25) is 4.79 Å². The number of carbonyl (C=O) groups is 1. The number of hydrogen-bond donors (Lipinski definition) is 0. The lowest BCUT2D eigenvalue weighted by Gasteiger charge is -2.31. The van der Waals surface area contributed by atoms with Gasteiger partial charge >= 0.3 is 5.97 Å². The second-order valence-electron chi connectivity index (χ2n) is 5.42. The number of benzene rings is 1. The summed E-state index contributed by atoms with van der Waals surface area (Å²) in [7, 11) is 0. The van der Waals surface area contributed by atoms with Crippen LogP contribution >= 0.6 is 0 Å². The van der Waals surface area contributed by atoms with Crippen molar-refractivity contribution < 1.29 is 9.53 Å². The average molecular weight is 286 g/mol. The van der Waals surface area contributed by atoms with E-state index < -0.39 is 0 Å². The molecule has 0 N–H and O–H groups in total. The molecule has 1 saturated heterocycles. The van der Waals surface area contributed by atoms with E-state index in [9.17, 15) is 10.1 Å². The highest BCUT2D eigenvalue weighted by atomic mass is 16.5. The van der Waals surface area contributed by atoms with Crippen LogP contribution in [-0.2, 0) is 9.53 Å². The van der Waals surface area contributed by atoms with E-state index in [1.807, 2.05) is 37.3 Å². The van der Waals surface area contributed by atoms with Crippen LogP contribution in [0.1, 0.15) is 31.2 Å². The molecule has 4 nitrogen and oxygen atoms in total. The maximum absolute atomic E-state index is 11.7.